The average Bonchev–Trinajstić information content (AvgIpc) is 2.29. The van der Waals surface area contributed by atoms with Crippen molar-refractivity contribution in [1.82, 2.24) is 0 Å². The summed E-state index contributed by atoms with van der Waals surface area (Å²) in [5, 5.41) is 23.0. The van der Waals surface area contributed by atoms with Gasteiger partial charge in [0.25, 0.3) is 0 Å². The fourth-order valence-electron chi connectivity index (χ4n) is 2.08. The maximum absolute atomic E-state index is 9.88. The molecule has 2 heteroatoms. The third kappa shape index (κ3) is 1.20. The van der Waals surface area contributed by atoms with Gasteiger partial charge in [-0.1, -0.05) is 30.3 Å². The molecule has 2 N–H and O–H groups in total. The molecule has 0 saturated heterocycles. The number of phenolic OH excluding ortho intramolecular Hbond substituents is 2. The molecule has 3 aromatic rings. The monoisotopic (exact) mass is 210 g/mol. The lowest BCUT2D eigenvalue weighted by Crippen LogP contribution is -1.78. The number of benzene rings is 3. The minimum Gasteiger partial charge on any atom is -0.508 e. The molecule has 0 heterocycles. The molecule has 0 aromatic heterocycles. The van der Waals surface area contributed by atoms with E-state index < -0.39 is 0 Å². The number of hydrogen-bond donors (Lipinski definition) is 2. The van der Waals surface area contributed by atoms with Gasteiger partial charge in [0.1, 0.15) is 11.5 Å². The second-order valence-electron chi connectivity index (χ2n) is 3.85. The normalized spacial score (nSPS) is 11.0. The van der Waals surface area contributed by atoms with Crippen molar-refractivity contribution in [2.75, 3.05) is 0 Å². The van der Waals surface area contributed by atoms with Gasteiger partial charge in [0, 0.05) is 5.39 Å². The lowest BCUT2D eigenvalue weighted by Gasteiger charge is -2.06. The van der Waals surface area contributed by atoms with Crippen molar-refractivity contribution >= 4 is 21.5 Å². The van der Waals surface area contributed by atoms with Crippen LogP contribution in [0.15, 0.2) is 48.5 Å². The van der Waals surface area contributed by atoms with Crippen LogP contribution in [0.1, 0.15) is 0 Å². The second kappa shape index (κ2) is 3.14. The molecule has 0 amide bonds. The van der Waals surface area contributed by atoms with Gasteiger partial charge in [-0.2, -0.15) is 0 Å². The number of hydrogen-bond acceptors (Lipinski definition) is 2. The fraction of sp³-hybridized carbons (Fsp3) is 0. The van der Waals surface area contributed by atoms with E-state index in [1.807, 2.05) is 30.3 Å². The Bertz CT molecular complexity index is 687. The largest absolute Gasteiger partial charge is 0.508 e. The summed E-state index contributed by atoms with van der Waals surface area (Å²) in [7, 11) is 0. The van der Waals surface area contributed by atoms with Crippen LogP contribution in [0.4, 0.5) is 0 Å². The van der Waals surface area contributed by atoms with Crippen LogP contribution in [0.2, 0.25) is 0 Å². The van der Waals surface area contributed by atoms with Crippen LogP contribution in [0.5, 0.6) is 11.5 Å². The van der Waals surface area contributed by atoms with Crippen molar-refractivity contribution in [3.8, 4) is 11.5 Å². The first kappa shape index (κ1) is 9.04. The predicted octanol–water partition coefficient (Wildman–Crippen LogP) is 3.40. The van der Waals surface area contributed by atoms with Gasteiger partial charge in [-0.15, -0.1) is 0 Å². The maximum atomic E-state index is 9.88. The van der Waals surface area contributed by atoms with Crippen molar-refractivity contribution in [3.05, 3.63) is 48.5 Å². The van der Waals surface area contributed by atoms with E-state index in [1.165, 1.54) is 0 Å². The summed E-state index contributed by atoms with van der Waals surface area (Å²) < 4.78 is 0. The van der Waals surface area contributed by atoms with Crippen molar-refractivity contribution in [2.45, 2.75) is 0 Å². The van der Waals surface area contributed by atoms with Gasteiger partial charge in [0.15, 0.2) is 0 Å². The first-order valence-corrected chi connectivity index (χ1v) is 5.09. The Morgan fingerprint density at radius 1 is 0.688 bits per heavy atom. The van der Waals surface area contributed by atoms with E-state index in [2.05, 4.69) is 0 Å². The third-order valence-corrected chi connectivity index (χ3v) is 2.82. The van der Waals surface area contributed by atoms with Gasteiger partial charge >= 0.3 is 0 Å². The van der Waals surface area contributed by atoms with Crippen molar-refractivity contribution in [2.24, 2.45) is 0 Å². The van der Waals surface area contributed by atoms with Crippen LogP contribution in [-0.2, 0) is 0 Å². The van der Waals surface area contributed by atoms with Crippen LogP contribution >= 0.6 is 0 Å². The van der Waals surface area contributed by atoms with Crippen molar-refractivity contribution in [3.63, 3.8) is 0 Å². The summed E-state index contributed by atoms with van der Waals surface area (Å²) in [6.07, 6.45) is 0. The Morgan fingerprint density at radius 3 is 2.25 bits per heavy atom. The molecule has 0 unspecified atom stereocenters. The van der Waals surface area contributed by atoms with E-state index in [9.17, 15) is 10.2 Å². The molecule has 0 fully saturated rings. The average molecular weight is 210 g/mol. The van der Waals surface area contributed by atoms with Crippen LogP contribution in [0.3, 0.4) is 0 Å². The molecule has 3 aromatic carbocycles. The van der Waals surface area contributed by atoms with Crippen molar-refractivity contribution in [1.29, 1.82) is 0 Å². The summed E-state index contributed by atoms with van der Waals surface area (Å²) in [4.78, 5) is 0. The van der Waals surface area contributed by atoms with Crippen molar-refractivity contribution < 1.29 is 10.2 Å². The van der Waals surface area contributed by atoms with Gasteiger partial charge in [-0.25, -0.2) is 0 Å². The number of phenols is 2. The van der Waals surface area contributed by atoms with E-state index in [-0.39, 0.29) is 11.5 Å². The SMILES string of the molecule is Oc1ccc2c(c1)cc(O)c1ccccc12. The second-order valence-corrected chi connectivity index (χ2v) is 3.85. The smallest absolute Gasteiger partial charge is 0.124 e. The van der Waals surface area contributed by atoms with Crippen LogP contribution < -0.4 is 0 Å². The summed E-state index contributed by atoms with van der Waals surface area (Å²) in [6.45, 7) is 0. The van der Waals surface area contributed by atoms with Gasteiger partial charge < -0.3 is 10.2 Å². The predicted molar refractivity (Wildman–Crippen MR) is 64.8 cm³/mol. The highest BCUT2D eigenvalue weighted by molar-refractivity contribution is 6.10. The Kier molecular flexibility index (Phi) is 1.77. The topological polar surface area (TPSA) is 40.5 Å². The van der Waals surface area contributed by atoms with E-state index in [0.717, 1.165) is 21.5 Å². The minimum absolute atomic E-state index is 0.210. The lowest BCUT2D eigenvalue weighted by molar-refractivity contribution is 0.476. The maximum Gasteiger partial charge on any atom is 0.124 e. The number of fused-ring (bicyclic) bond motifs is 3. The molecule has 0 aliphatic rings. The molecular formula is C14H10O2. The van der Waals surface area contributed by atoms with E-state index in [4.69, 9.17) is 0 Å². The van der Waals surface area contributed by atoms with Crippen LogP contribution in [-0.4, -0.2) is 10.2 Å². The van der Waals surface area contributed by atoms with Gasteiger partial charge in [-0.05, 0) is 34.4 Å². The highest BCUT2D eigenvalue weighted by Gasteiger charge is 2.05. The van der Waals surface area contributed by atoms with Crippen LogP contribution in [0, 0.1) is 0 Å². The summed E-state index contributed by atoms with van der Waals surface area (Å²) in [5.74, 6) is 0.455. The standard InChI is InChI=1S/C14H10O2/c15-10-5-6-11-9(7-10)8-14(16)13-4-2-1-3-12(11)13/h1-8,15-16H. The van der Waals surface area contributed by atoms with E-state index >= 15 is 0 Å². The Hall–Kier alpha value is -2.22. The Morgan fingerprint density at radius 2 is 1.44 bits per heavy atom. The first-order chi connectivity index (χ1) is 7.75. The van der Waals surface area contributed by atoms with Gasteiger partial charge in [-0.3, -0.25) is 0 Å². The Balaban J connectivity index is 2.59. The first-order valence-electron chi connectivity index (χ1n) is 5.09. The molecule has 78 valence electrons. The molecule has 2 nitrogen and oxygen atoms in total. The molecule has 0 atom stereocenters. The fourth-order valence-corrected chi connectivity index (χ4v) is 2.08. The zero-order valence-corrected chi connectivity index (χ0v) is 8.51. The zero-order valence-electron chi connectivity index (χ0n) is 8.51. The Labute approximate surface area is 92.4 Å². The molecule has 0 aliphatic heterocycles. The lowest BCUT2D eigenvalue weighted by atomic mass is 10.0. The summed E-state index contributed by atoms with van der Waals surface area (Å²) in [6, 6.07) is 14.5. The molecule has 0 spiro atoms. The highest BCUT2D eigenvalue weighted by atomic mass is 16.3. The molecule has 0 bridgehead atoms. The quantitative estimate of drug-likeness (QED) is 0.558. The minimum atomic E-state index is 0.210. The van der Waals surface area contributed by atoms with E-state index in [1.54, 1.807) is 18.2 Å². The molecule has 0 aliphatic carbocycles. The molecule has 3 rings (SSSR count). The molecule has 16 heavy (non-hydrogen) atoms. The molecular weight excluding hydrogens is 200 g/mol. The summed E-state index contributed by atoms with van der Waals surface area (Å²) >= 11 is 0. The molecule has 0 saturated carbocycles. The molecule has 0 radical (unpaired) electrons. The number of aromatic hydroxyl groups is 2. The zero-order chi connectivity index (χ0) is 11.1. The number of rotatable bonds is 0. The van der Waals surface area contributed by atoms with Crippen LogP contribution in [0.25, 0.3) is 21.5 Å². The third-order valence-electron chi connectivity index (χ3n) is 2.82. The summed E-state index contributed by atoms with van der Waals surface area (Å²) in [5.41, 5.74) is 0. The van der Waals surface area contributed by atoms with E-state index in [0.29, 0.717) is 0 Å². The highest BCUT2D eigenvalue weighted by Crippen LogP contribution is 2.33. The van der Waals surface area contributed by atoms with Gasteiger partial charge in [0.05, 0.1) is 0 Å². The van der Waals surface area contributed by atoms with Gasteiger partial charge in [0.2, 0.25) is 0 Å².